The summed E-state index contributed by atoms with van der Waals surface area (Å²) < 4.78 is 30.0. The number of rotatable bonds is 3. The van der Waals surface area contributed by atoms with E-state index in [2.05, 4.69) is 4.74 Å². The molecule has 21 heavy (non-hydrogen) atoms. The SMILES string of the molecule is COC(=O)c1cc(CB2OC(C)(C)C(C)(C)O2)ccc1F. The van der Waals surface area contributed by atoms with Crippen LogP contribution in [0.15, 0.2) is 18.2 Å². The van der Waals surface area contributed by atoms with E-state index >= 15 is 0 Å². The number of methoxy groups -OCH3 is 1. The van der Waals surface area contributed by atoms with Crippen LogP contribution in [0.1, 0.15) is 43.6 Å². The fourth-order valence-corrected chi connectivity index (χ4v) is 2.21. The number of carbonyl (C=O) groups is 1. The van der Waals surface area contributed by atoms with Crippen molar-refractivity contribution in [2.75, 3.05) is 7.11 Å². The maximum Gasteiger partial charge on any atom is 0.462 e. The number of hydrogen-bond donors (Lipinski definition) is 0. The minimum Gasteiger partial charge on any atom is -0.465 e. The lowest BCUT2D eigenvalue weighted by atomic mass is 9.80. The van der Waals surface area contributed by atoms with E-state index in [0.717, 1.165) is 5.56 Å². The van der Waals surface area contributed by atoms with Gasteiger partial charge in [-0.05, 0) is 45.4 Å². The summed E-state index contributed by atoms with van der Waals surface area (Å²) >= 11 is 0. The molecule has 0 saturated carbocycles. The van der Waals surface area contributed by atoms with Gasteiger partial charge in [-0.1, -0.05) is 6.07 Å². The maximum atomic E-state index is 13.6. The molecule has 1 aliphatic rings. The van der Waals surface area contributed by atoms with E-state index in [1.165, 1.54) is 19.2 Å². The first-order valence-electron chi connectivity index (χ1n) is 6.88. The topological polar surface area (TPSA) is 44.8 Å². The van der Waals surface area contributed by atoms with Gasteiger partial charge in [0, 0.05) is 6.32 Å². The van der Waals surface area contributed by atoms with Gasteiger partial charge < -0.3 is 14.0 Å². The fraction of sp³-hybridized carbons (Fsp3) is 0.533. The monoisotopic (exact) mass is 294 g/mol. The lowest BCUT2D eigenvalue weighted by Crippen LogP contribution is -2.41. The molecular formula is C15H20BFO4. The molecule has 1 aliphatic heterocycles. The van der Waals surface area contributed by atoms with Gasteiger partial charge in [0.1, 0.15) is 5.82 Å². The molecule has 1 saturated heterocycles. The summed E-state index contributed by atoms with van der Waals surface area (Å²) in [5, 5.41) is 0. The summed E-state index contributed by atoms with van der Waals surface area (Å²) in [6.45, 7) is 7.88. The zero-order chi connectivity index (χ0) is 15.8. The van der Waals surface area contributed by atoms with Crippen LogP contribution < -0.4 is 0 Å². The second-order valence-corrected chi connectivity index (χ2v) is 6.20. The number of benzene rings is 1. The molecule has 0 radical (unpaired) electrons. The van der Waals surface area contributed by atoms with Crippen molar-refractivity contribution in [1.29, 1.82) is 0 Å². The summed E-state index contributed by atoms with van der Waals surface area (Å²) in [7, 11) is 0.800. The van der Waals surface area contributed by atoms with Crippen LogP contribution in [-0.2, 0) is 20.4 Å². The average Bonchev–Trinajstić information content (AvgIpc) is 2.58. The van der Waals surface area contributed by atoms with Crippen molar-refractivity contribution in [1.82, 2.24) is 0 Å². The minimum absolute atomic E-state index is 0.0773. The molecule has 0 unspecified atom stereocenters. The molecule has 0 aromatic heterocycles. The van der Waals surface area contributed by atoms with Crippen LogP contribution in [0.25, 0.3) is 0 Å². The lowest BCUT2D eigenvalue weighted by molar-refractivity contribution is 0.00578. The van der Waals surface area contributed by atoms with E-state index in [0.29, 0.717) is 6.32 Å². The molecule has 1 fully saturated rings. The molecule has 0 aliphatic carbocycles. The second-order valence-electron chi connectivity index (χ2n) is 6.20. The van der Waals surface area contributed by atoms with Crippen molar-refractivity contribution >= 4 is 13.1 Å². The van der Waals surface area contributed by atoms with Crippen molar-refractivity contribution in [3.8, 4) is 0 Å². The lowest BCUT2D eigenvalue weighted by Gasteiger charge is -2.32. The molecule has 6 heteroatoms. The zero-order valence-electron chi connectivity index (χ0n) is 13.0. The molecule has 2 rings (SSSR count). The van der Waals surface area contributed by atoms with Crippen LogP contribution in [-0.4, -0.2) is 31.4 Å². The van der Waals surface area contributed by atoms with Crippen molar-refractivity contribution in [3.63, 3.8) is 0 Å². The molecule has 0 atom stereocenters. The quantitative estimate of drug-likeness (QED) is 0.635. The van der Waals surface area contributed by atoms with Gasteiger partial charge in [0.05, 0.1) is 23.9 Å². The number of ether oxygens (including phenoxy) is 1. The van der Waals surface area contributed by atoms with E-state index in [1.54, 1.807) is 6.07 Å². The average molecular weight is 294 g/mol. The molecular weight excluding hydrogens is 274 g/mol. The molecule has 4 nitrogen and oxygen atoms in total. The third-order valence-electron chi connectivity index (χ3n) is 4.14. The van der Waals surface area contributed by atoms with Gasteiger partial charge in [0.2, 0.25) is 0 Å². The Bertz CT molecular complexity index is 541. The van der Waals surface area contributed by atoms with Crippen LogP contribution in [0.4, 0.5) is 4.39 Å². The minimum atomic E-state index is -0.691. The van der Waals surface area contributed by atoms with Gasteiger partial charge in [-0.3, -0.25) is 0 Å². The highest BCUT2D eigenvalue weighted by Crippen LogP contribution is 2.37. The third kappa shape index (κ3) is 3.11. The van der Waals surface area contributed by atoms with Crippen molar-refractivity contribution in [3.05, 3.63) is 35.1 Å². The summed E-state index contributed by atoms with van der Waals surface area (Å²) in [5.74, 6) is -1.29. The van der Waals surface area contributed by atoms with Gasteiger partial charge in [-0.2, -0.15) is 0 Å². The zero-order valence-corrected chi connectivity index (χ0v) is 13.0. The third-order valence-corrected chi connectivity index (χ3v) is 4.14. The van der Waals surface area contributed by atoms with E-state index < -0.39 is 30.1 Å². The number of carbonyl (C=O) groups excluding carboxylic acids is 1. The van der Waals surface area contributed by atoms with E-state index in [4.69, 9.17) is 9.31 Å². The van der Waals surface area contributed by atoms with Crippen LogP contribution in [0.5, 0.6) is 0 Å². The Labute approximate surface area is 124 Å². The smallest absolute Gasteiger partial charge is 0.462 e. The predicted molar refractivity (Wildman–Crippen MR) is 77.5 cm³/mol. The molecule has 0 spiro atoms. The molecule has 0 bridgehead atoms. The van der Waals surface area contributed by atoms with Crippen LogP contribution in [0.2, 0.25) is 0 Å². The molecule has 1 aromatic rings. The van der Waals surface area contributed by atoms with E-state index in [1.807, 2.05) is 27.7 Å². The van der Waals surface area contributed by atoms with Crippen LogP contribution in [0, 0.1) is 5.82 Å². The Balaban J connectivity index is 2.17. The Hall–Kier alpha value is -1.40. The first kappa shape index (κ1) is 16.0. The number of esters is 1. The highest BCUT2D eigenvalue weighted by molar-refractivity contribution is 6.45. The van der Waals surface area contributed by atoms with Gasteiger partial charge >= 0.3 is 13.1 Å². The van der Waals surface area contributed by atoms with Crippen molar-refractivity contribution in [2.45, 2.75) is 45.2 Å². The van der Waals surface area contributed by atoms with Gasteiger partial charge in [-0.25, -0.2) is 9.18 Å². The second kappa shape index (κ2) is 5.42. The van der Waals surface area contributed by atoms with E-state index in [-0.39, 0.29) is 5.56 Å². The predicted octanol–water partition coefficient (Wildman–Crippen LogP) is 2.79. The number of hydrogen-bond acceptors (Lipinski definition) is 4. The molecule has 0 N–H and O–H groups in total. The highest BCUT2D eigenvalue weighted by atomic mass is 19.1. The summed E-state index contributed by atoms with van der Waals surface area (Å²) in [4.78, 5) is 11.5. The van der Waals surface area contributed by atoms with Crippen LogP contribution >= 0.6 is 0 Å². The van der Waals surface area contributed by atoms with E-state index in [9.17, 15) is 9.18 Å². The Morgan fingerprint density at radius 1 is 1.24 bits per heavy atom. The largest absolute Gasteiger partial charge is 0.465 e. The van der Waals surface area contributed by atoms with Gasteiger partial charge in [-0.15, -0.1) is 0 Å². The van der Waals surface area contributed by atoms with Gasteiger partial charge in [0.15, 0.2) is 0 Å². The summed E-state index contributed by atoms with van der Waals surface area (Å²) in [5.41, 5.74) is -0.145. The van der Waals surface area contributed by atoms with Gasteiger partial charge in [0.25, 0.3) is 0 Å². The highest BCUT2D eigenvalue weighted by Gasteiger charge is 2.50. The molecule has 1 aromatic carbocycles. The maximum absolute atomic E-state index is 13.6. The first-order chi connectivity index (χ1) is 9.66. The summed E-state index contributed by atoms with van der Waals surface area (Å²) in [6.07, 6.45) is 0.442. The molecule has 0 amide bonds. The standard InChI is InChI=1S/C15H20BFO4/c1-14(2)15(3,4)21-16(20-14)9-10-6-7-12(17)11(8-10)13(18)19-5/h6-8H,9H2,1-5H3. The fourth-order valence-electron chi connectivity index (χ4n) is 2.21. The Morgan fingerprint density at radius 3 is 2.33 bits per heavy atom. The molecule has 1 heterocycles. The Kier molecular flexibility index (Phi) is 4.13. The normalized spacial score (nSPS) is 19.6. The number of halogens is 1. The first-order valence-corrected chi connectivity index (χ1v) is 6.88. The van der Waals surface area contributed by atoms with Crippen LogP contribution in [0.3, 0.4) is 0 Å². The van der Waals surface area contributed by atoms with Crippen molar-refractivity contribution < 1.29 is 23.2 Å². The summed E-state index contributed by atoms with van der Waals surface area (Å²) in [6, 6.07) is 4.35. The molecule has 114 valence electrons. The van der Waals surface area contributed by atoms with Crippen molar-refractivity contribution in [2.24, 2.45) is 0 Å². The Morgan fingerprint density at radius 2 is 1.81 bits per heavy atom.